The number of hydrogen-bond donors (Lipinski definition) is 0. The highest BCUT2D eigenvalue weighted by Gasteiger charge is 2.26. The molecule has 126 valence electrons. The fourth-order valence-corrected chi connectivity index (χ4v) is 2.97. The van der Waals surface area contributed by atoms with Crippen molar-refractivity contribution < 1.29 is 9.53 Å². The largest absolute Gasteiger partial charge is 0.497 e. The van der Waals surface area contributed by atoms with Crippen LogP contribution >= 0.6 is 0 Å². The van der Waals surface area contributed by atoms with E-state index in [0.717, 1.165) is 11.3 Å². The maximum Gasteiger partial charge on any atom is 0.246 e. The van der Waals surface area contributed by atoms with Gasteiger partial charge in [-0.05, 0) is 42.5 Å². The normalized spacial score (nSPS) is 19.9. The molecule has 0 unspecified atom stereocenters. The molecule has 5 nitrogen and oxygen atoms in total. The van der Waals surface area contributed by atoms with Crippen molar-refractivity contribution in [1.29, 1.82) is 5.26 Å². The van der Waals surface area contributed by atoms with E-state index in [2.05, 4.69) is 11.0 Å². The monoisotopic (exact) mass is 325 g/mol. The van der Waals surface area contributed by atoms with E-state index in [-0.39, 0.29) is 11.9 Å². The lowest BCUT2D eigenvalue weighted by Crippen LogP contribution is -2.49. The van der Waals surface area contributed by atoms with E-state index in [0.29, 0.717) is 32.1 Å². The van der Waals surface area contributed by atoms with Crippen molar-refractivity contribution in [3.05, 3.63) is 42.0 Å². The minimum atomic E-state index is -0.282. The fourth-order valence-electron chi connectivity index (χ4n) is 2.97. The second-order valence-corrected chi connectivity index (χ2v) is 6.36. The van der Waals surface area contributed by atoms with Gasteiger partial charge in [0, 0.05) is 26.2 Å². The molecular formula is C19H23N3O2. The van der Waals surface area contributed by atoms with Crippen LogP contribution in [0.4, 0.5) is 0 Å². The predicted octanol–water partition coefficient (Wildman–Crippen LogP) is 2.37. The van der Waals surface area contributed by atoms with Crippen LogP contribution in [-0.4, -0.2) is 49.0 Å². The minimum Gasteiger partial charge on any atom is -0.497 e. The first-order valence-electron chi connectivity index (χ1n) is 8.46. The third-order valence-electron chi connectivity index (χ3n) is 4.68. The number of benzene rings is 1. The molecule has 2 fully saturated rings. The van der Waals surface area contributed by atoms with Gasteiger partial charge in [-0.25, -0.2) is 0 Å². The Balaban J connectivity index is 1.57. The first kappa shape index (κ1) is 16.5. The van der Waals surface area contributed by atoms with E-state index >= 15 is 0 Å². The van der Waals surface area contributed by atoms with Gasteiger partial charge < -0.3 is 9.64 Å². The lowest BCUT2D eigenvalue weighted by atomic mass is 10.1. The SMILES string of the molecule is COc1ccc([C@H](C#N)N2CCN(C(=O)/C=C\C3CC3)CC2)cc1. The summed E-state index contributed by atoms with van der Waals surface area (Å²) in [5.41, 5.74) is 0.965. The summed E-state index contributed by atoms with van der Waals surface area (Å²) in [4.78, 5) is 16.2. The van der Waals surface area contributed by atoms with Gasteiger partial charge in [0.15, 0.2) is 0 Å². The molecule has 1 aromatic carbocycles. The Hall–Kier alpha value is -2.32. The van der Waals surface area contributed by atoms with E-state index in [1.165, 1.54) is 12.8 Å². The van der Waals surface area contributed by atoms with Crippen LogP contribution < -0.4 is 4.74 Å². The smallest absolute Gasteiger partial charge is 0.246 e. The molecule has 1 aliphatic carbocycles. The molecular weight excluding hydrogens is 302 g/mol. The van der Waals surface area contributed by atoms with Gasteiger partial charge in [0.2, 0.25) is 5.91 Å². The zero-order chi connectivity index (χ0) is 16.9. The molecule has 1 heterocycles. The van der Waals surface area contributed by atoms with E-state index in [9.17, 15) is 10.1 Å². The van der Waals surface area contributed by atoms with Crippen LogP contribution in [0.2, 0.25) is 0 Å². The van der Waals surface area contributed by atoms with E-state index < -0.39 is 0 Å². The highest BCUT2D eigenvalue weighted by atomic mass is 16.5. The topological polar surface area (TPSA) is 56.6 Å². The lowest BCUT2D eigenvalue weighted by Gasteiger charge is -2.36. The average Bonchev–Trinajstić information content (AvgIpc) is 3.46. The summed E-state index contributed by atoms with van der Waals surface area (Å²) < 4.78 is 5.17. The van der Waals surface area contributed by atoms with Crippen molar-refractivity contribution in [3.8, 4) is 11.8 Å². The second-order valence-electron chi connectivity index (χ2n) is 6.36. The number of carbonyl (C=O) groups excluding carboxylic acids is 1. The first-order chi connectivity index (χ1) is 11.7. The molecule has 0 aromatic heterocycles. The fraction of sp³-hybridized carbons (Fsp3) is 0.474. The van der Waals surface area contributed by atoms with E-state index in [1.807, 2.05) is 35.2 Å². The van der Waals surface area contributed by atoms with Gasteiger partial charge in [-0.1, -0.05) is 18.2 Å². The van der Waals surface area contributed by atoms with Crippen molar-refractivity contribution in [2.75, 3.05) is 33.3 Å². The summed E-state index contributed by atoms with van der Waals surface area (Å²) in [6.07, 6.45) is 6.18. The molecule has 1 saturated heterocycles. The molecule has 1 amide bonds. The lowest BCUT2D eigenvalue weighted by molar-refractivity contribution is -0.127. The highest BCUT2D eigenvalue weighted by Crippen LogP contribution is 2.30. The summed E-state index contributed by atoms with van der Waals surface area (Å²) in [5.74, 6) is 1.50. The molecule has 3 rings (SSSR count). The average molecular weight is 325 g/mol. The number of methoxy groups -OCH3 is 1. The maximum atomic E-state index is 12.2. The number of amides is 1. The zero-order valence-electron chi connectivity index (χ0n) is 14.0. The summed E-state index contributed by atoms with van der Waals surface area (Å²) in [5, 5.41) is 9.57. The van der Waals surface area contributed by atoms with Crippen LogP contribution in [0.25, 0.3) is 0 Å². The Kier molecular flexibility index (Phi) is 5.17. The summed E-state index contributed by atoms with van der Waals surface area (Å²) in [6.45, 7) is 2.77. The Labute approximate surface area is 143 Å². The van der Waals surface area contributed by atoms with Crippen molar-refractivity contribution >= 4 is 5.91 Å². The predicted molar refractivity (Wildman–Crippen MR) is 91.4 cm³/mol. The molecule has 1 saturated carbocycles. The van der Waals surface area contributed by atoms with Crippen LogP contribution in [0.5, 0.6) is 5.75 Å². The number of nitrogens with zero attached hydrogens (tertiary/aromatic N) is 3. The number of nitriles is 1. The molecule has 0 N–H and O–H groups in total. The van der Waals surface area contributed by atoms with Crippen molar-refractivity contribution in [3.63, 3.8) is 0 Å². The molecule has 1 aromatic rings. The highest BCUT2D eigenvalue weighted by molar-refractivity contribution is 5.87. The summed E-state index contributed by atoms with van der Waals surface area (Å²) >= 11 is 0. The van der Waals surface area contributed by atoms with Gasteiger partial charge in [0.25, 0.3) is 0 Å². The first-order valence-corrected chi connectivity index (χ1v) is 8.46. The quantitative estimate of drug-likeness (QED) is 0.780. The van der Waals surface area contributed by atoms with Crippen LogP contribution in [0, 0.1) is 17.2 Å². The number of piperazine rings is 1. The standard InChI is InChI=1S/C19H23N3O2/c1-24-17-7-5-16(6-8-17)18(14-20)21-10-12-22(13-11-21)19(23)9-4-15-2-3-15/h4-9,15,18H,2-3,10-13H2,1H3/b9-4-/t18-/m0/s1. The number of allylic oxidation sites excluding steroid dienone is 1. The Morgan fingerprint density at radius 1 is 1.25 bits per heavy atom. The van der Waals surface area contributed by atoms with Gasteiger partial charge in [0.05, 0.1) is 13.2 Å². The van der Waals surface area contributed by atoms with Crippen molar-refractivity contribution in [2.45, 2.75) is 18.9 Å². The van der Waals surface area contributed by atoms with Crippen LogP contribution in [-0.2, 0) is 4.79 Å². The van der Waals surface area contributed by atoms with Gasteiger partial charge in [0.1, 0.15) is 11.8 Å². The number of carbonyl (C=O) groups is 1. The van der Waals surface area contributed by atoms with Crippen LogP contribution in [0.15, 0.2) is 36.4 Å². The third-order valence-corrected chi connectivity index (χ3v) is 4.68. The molecule has 1 aliphatic heterocycles. The molecule has 0 bridgehead atoms. The summed E-state index contributed by atoms with van der Waals surface area (Å²) in [7, 11) is 1.63. The zero-order valence-corrected chi connectivity index (χ0v) is 14.0. The van der Waals surface area contributed by atoms with E-state index in [1.54, 1.807) is 13.2 Å². The Morgan fingerprint density at radius 3 is 2.46 bits per heavy atom. The molecule has 0 spiro atoms. The summed E-state index contributed by atoms with van der Waals surface area (Å²) in [6, 6.07) is 9.72. The van der Waals surface area contributed by atoms with Gasteiger partial charge in [-0.2, -0.15) is 5.26 Å². The second kappa shape index (κ2) is 7.50. The van der Waals surface area contributed by atoms with E-state index in [4.69, 9.17) is 4.74 Å². The molecule has 2 aliphatic rings. The maximum absolute atomic E-state index is 12.2. The van der Waals surface area contributed by atoms with Gasteiger partial charge in [-0.15, -0.1) is 0 Å². The van der Waals surface area contributed by atoms with Crippen molar-refractivity contribution in [2.24, 2.45) is 5.92 Å². The minimum absolute atomic E-state index is 0.0968. The van der Waals surface area contributed by atoms with Gasteiger partial charge in [-0.3, -0.25) is 9.69 Å². The molecule has 24 heavy (non-hydrogen) atoms. The molecule has 5 heteroatoms. The number of hydrogen-bond acceptors (Lipinski definition) is 4. The number of rotatable bonds is 5. The Morgan fingerprint density at radius 2 is 1.92 bits per heavy atom. The van der Waals surface area contributed by atoms with Crippen LogP contribution in [0.3, 0.4) is 0 Å². The van der Waals surface area contributed by atoms with Crippen LogP contribution in [0.1, 0.15) is 24.4 Å². The third kappa shape index (κ3) is 3.95. The Bertz CT molecular complexity index is 636. The molecule has 0 radical (unpaired) electrons. The molecule has 1 atom stereocenters. The van der Waals surface area contributed by atoms with Crippen molar-refractivity contribution in [1.82, 2.24) is 9.80 Å². The van der Waals surface area contributed by atoms with Gasteiger partial charge >= 0.3 is 0 Å². The number of ether oxygens (including phenoxy) is 1.